The standard InChI is InChI=1S/C5H8FNO3/c6-4(3-8)1-2-10-5(7)9/h1,8H,2-3H2,(H2,7,9). The van der Waals surface area contributed by atoms with Gasteiger partial charge in [0.2, 0.25) is 0 Å². The molecule has 0 bridgehead atoms. The zero-order valence-corrected chi connectivity index (χ0v) is 5.21. The molecule has 4 nitrogen and oxygen atoms in total. The number of carbonyl (C=O) groups is 1. The molecule has 0 aliphatic carbocycles. The van der Waals surface area contributed by atoms with E-state index in [0.717, 1.165) is 6.08 Å². The quantitative estimate of drug-likeness (QED) is 0.589. The minimum atomic E-state index is -0.970. The predicted molar refractivity (Wildman–Crippen MR) is 31.8 cm³/mol. The lowest BCUT2D eigenvalue weighted by Gasteiger charge is -1.94. The minimum Gasteiger partial charge on any atom is -0.445 e. The molecule has 10 heavy (non-hydrogen) atoms. The molecule has 0 aromatic carbocycles. The second-order valence-corrected chi connectivity index (χ2v) is 1.44. The molecule has 0 aromatic heterocycles. The van der Waals surface area contributed by atoms with Crippen LogP contribution < -0.4 is 5.73 Å². The van der Waals surface area contributed by atoms with E-state index in [1.807, 2.05) is 0 Å². The Bertz CT molecular complexity index is 146. The molecule has 0 saturated carbocycles. The number of hydrogen-bond donors (Lipinski definition) is 2. The van der Waals surface area contributed by atoms with Crippen LogP contribution in [0.5, 0.6) is 0 Å². The highest BCUT2D eigenvalue weighted by atomic mass is 19.1. The lowest BCUT2D eigenvalue weighted by molar-refractivity contribution is 0.168. The van der Waals surface area contributed by atoms with Gasteiger partial charge in [-0.3, -0.25) is 0 Å². The van der Waals surface area contributed by atoms with Gasteiger partial charge >= 0.3 is 6.09 Å². The average Bonchev–Trinajstić information content (AvgIpc) is 1.87. The lowest BCUT2D eigenvalue weighted by Crippen LogP contribution is -2.12. The Hall–Kier alpha value is -1.10. The van der Waals surface area contributed by atoms with Gasteiger partial charge in [-0.1, -0.05) is 0 Å². The molecule has 0 aliphatic rings. The molecule has 0 fully saturated rings. The molecule has 0 atom stereocenters. The number of aliphatic hydroxyl groups excluding tert-OH is 1. The topological polar surface area (TPSA) is 72.6 Å². The number of halogens is 1. The van der Waals surface area contributed by atoms with Gasteiger partial charge in [0.15, 0.2) is 0 Å². The van der Waals surface area contributed by atoms with E-state index in [4.69, 9.17) is 5.11 Å². The Morgan fingerprint density at radius 3 is 2.80 bits per heavy atom. The molecule has 0 radical (unpaired) electrons. The van der Waals surface area contributed by atoms with Gasteiger partial charge in [0.1, 0.15) is 12.4 Å². The number of primary amides is 1. The average molecular weight is 149 g/mol. The third-order valence-corrected chi connectivity index (χ3v) is 0.681. The number of ether oxygens (including phenoxy) is 1. The molecule has 0 saturated heterocycles. The van der Waals surface area contributed by atoms with Crippen LogP contribution in [-0.4, -0.2) is 24.4 Å². The Balaban J connectivity index is 3.43. The molecule has 0 heterocycles. The number of carbonyl (C=O) groups excluding carboxylic acids is 1. The summed E-state index contributed by atoms with van der Waals surface area (Å²) in [5, 5.41) is 8.08. The predicted octanol–water partition coefficient (Wildman–Crippen LogP) is -0.0726. The number of nitrogens with two attached hydrogens (primary N) is 1. The van der Waals surface area contributed by atoms with Gasteiger partial charge in [0.25, 0.3) is 0 Å². The highest BCUT2D eigenvalue weighted by molar-refractivity contribution is 5.64. The molecule has 0 spiro atoms. The van der Waals surface area contributed by atoms with Crippen molar-refractivity contribution < 1.29 is 19.0 Å². The normalized spacial score (nSPS) is 11.2. The van der Waals surface area contributed by atoms with Crippen LogP contribution in [0.25, 0.3) is 0 Å². The lowest BCUT2D eigenvalue weighted by atomic mass is 10.5. The zero-order valence-electron chi connectivity index (χ0n) is 5.21. The third kappa shape index (κ3) is 5.04. The maximum absolute atomic E-state index is 12.0. The molecule has 5 heteroatoms. The van der Waals surface area contributed by atoms with E-state index in [-0.39, 0.29) is 6.61 Å². The van der Waals surface area contributed by atoms with Crippen molar-refractivity contribution in [3.05, 3.63) is 11.9 Å². The molecule has 0 rings (SSSR count). The van der Waals surface area contributed by atoms with Crippen LogP contribution in [0.3, 0.4) is 0 Å². The maximum atomic E-state index is 12.0. The van der Waals surface area contributed by atoms with Crippen molar-refractivity contribution in [3.8, 4) is 0 Å². The van der Waals surface area contributed by atoms with Gasteiger partial charge in [-0.05, 0) is 6.08 Å². The Morgan fingerprint density at radius 1 is 1.80 bits per heavy atom. The van der Waals surface area contributed by atoms with E-state index in [2.05, 4.69) is 10.5 Å². The Morgan fingerprint density at radius 2 is 2.40 bits per heavy atom. The maximum Gasteiger partial charge on any atom is 0.404 e. The fraction of sp³-hybridized carbons (Fsp3) is 0.400. The summed E-state index contributed by atoms with van der Waals surface area (Å²) in [5.41, 5.74) is 4.54. The van der Waals surface area contributed by atoms with Gasteiger partial charge in [-0.2, -0.15) is 0 Å². The van der Waals surface area contributed by atoms with Gasteiger partial charge in [0.05, 0.1) is 6.61 Å². The van der Waals surface area contributed by atoms with Crippen molar-refractivity contribution in [2.75, 3.05) is 13.2 Å². The zero-order chi connectivity index (χ0) is 7.98. The van der Waals surface area contributed by atoms with Crippen molar-refractivity contribution in [3.63, 3.8) is 0 Å². The third-order valence-electron chi connectivity index (χ3n) is 0.681. The molecule has 0 aromatic rings. The van der Waals surface area contributed by atoms with E-state index in [0.29, 0.717) is 0 Å². The van der Waals surface area contributed by atoms with E-state index in [1.54, 1.807) is 0 Å². The monoisotopic (exact) mass is 149 g/mol. The summed E-state index contributed by atoms with van der Waals surface area (Å²) in [6.45, 7) is -0.941. The summed E-state index contributed by atoms with van der Waals surface area (Å²) >= 11 is 0. The molecule has 3 N–H and O–H groups in total. The first kappa shape index (κ1) is 8.90. The van der Waals surface area contributed by atoms with E-state index >= 15 is 0 Å². The second-order valence-electron chi connectivity index (χ2n) is 1.44. The van der Waals surface area contributed by atoms with E-state index in [1.165, 1.54) is 0 Å². The summed E-state index contributed by atoms with van der Waals surface area (Å²) in [6, 6.07) is 0. The SMILES string of the molecule is NC(=O)OCC=C(F)CO. The van der Waals surface area contributed by atoms with E-state index < -0.39 is 18.5 Å². The summed E-state index contributed by atoms with van der Waals surface area (Å²) in [5.74, 6) is -0.749. The van der Waals surface area contributed by atoms with Crippen molar-refractivity contribution in [1.82, 2.24) is 0 Å². The number of rotatable bonds is 3. The number of hydrogen-bond acceptors (Lipinski definition) is 3. The van der Waals surface area contributed by atoms with Crippen molar-refractivity contribution in [2.24, 2.45) is 5.73 Å². The fourth-order valence-electron chi connectivity index (χ4n) is 0.279. The molecule has 58 valence electrons. The largest absolute Gasteiger partial charge is 0.445 e. The van der Waals surface area contributed by atoms with Gasteiger partial charge in [-0.25, -0.2) is 9.18 Å². The van der Waals surface area contributed by atoms with Crippen LogP contribution in [0.1, 0.15) is 0 Å². The molecule has 1 amide bonds. The first-order valence-corrected chi connectivity index (χ1v) is 2.54. The minimum absolute atomic E-state index is 0.248. The van der Waals surface area contributed by atoms with Crippen LogP contribution in [0.4, 0.5) is 9.18 Å². The molecular weight excluding hydrogens is 141 g/mol. The number of amides is 1. The van der Waals surface area contributed by atoms with Gasteiger partial charge < -0.3 is 15.6 Å². The van der Waals surface area contributed by atoms with Gasteiger partial charge in [-0.15, -0.1) is 0 Å². The summed E-state index contributed by atoms with van der Waals surface area (Å²) in [4.78, 5) is 9.85. The number of aliphatic hydroxyl groups is 1. The molecule has 0 unspecified atom stereocenters. The van der Waals surface area contributed by atoms with Crippen LogP contribution in [0, 0.1) is 0 Å². The second kappa shape index (κ2) is 4.75. The van der Waals surface area contributed by atoms with Crippen molar-refractivity contribution in [1.29, 1.82) is 0 Å². The van der Waals surface area contributed by atoms with Gasteiger partial charge in [0, 0.05) is 0 Å². The van der Waals surface area contributed by atoms with Crippen LogP contribution in [0.15, 0.2) is 11.9 Å². The van der Waals surface area contributed by atoms with Crippen LogP contribution >= 0.6 is 0 Å². The van der Waals surface area contributed by atoms with Crippen molar-refractivity contribution >= 4 is 6.09 Å². The highest BCUT2D eigenvalue weighted by Crippen LogP contribution is 1.92. The summed E-state index contributed by atoms with van der Waals surface area (Å²) < 4.78 is 16.1. The summed E-state index contributed by atoms with van der Waals surface area (Å²) in [7, 11) is 0. The highest BCUT2D eigenvalue weighted by Gasteiger charge is 1.92. The Labute approximate surface area is 57.1 Å². The summed E-state index contributed by atoms with van der Waals surface area (Å²) in [6.07, 6.45) is -0.0490. The molecular formula is C5H8FNO3. The fourth-order valence-corrected chi connectivity index (χ4v) is 0.279. The first-order chi connectivity index (χ1) is 4.66. The Kier molecular flexibility index (Phi) is 4.23. The van der Waals surface area contributed by atoms with Crippen LogP contribution in [0.2, 0.25) is 0 Å². The smallest absolute Gasteiger partial charge is 0.404 e. The van der Waals surface area contributed by atoms with Crippen molar-refractivity contribution in [2.45, 2.75) is 0 Å². The molecule has 0 aliphatic heterocycles. The van der Waals surface area contributed by atoms with E-state index in [9.17, 15) is 9.18 Å². The van der Waals surface area contributed by atoms with Crippen LogP contribution in [-0.2, 0) is 4.74 Å². The first-order valence-electron chi connectivity index (χ1n) is 2.54.